The molecule has 1 saturated carbocycles. The Balaban J connectivity index is 2.23. The van der Waals surface area contributed by atoms with Crippen molar-refractivity contribution in [1.82, 2.24) is 0 Å². The second kappa shape index (κ2) is 3.81. The minimum Gasteiger partial charge on any atom is -0.0995 e. The molecule has 84 valence electrons. The number of hydrogen-bond acceptors (Lipinski definition) is 0. The Morgan fingerprint density at radius 2 is 2.20 bits per heavy atom. The Morgan fingerprint density at radius 1 is 1.47 bits per heavy atom. The molecule has 0 nitrogen and oxygen atoms in total. The van der Waals surface area contributed by atoms with Crippen molar-refractivity contribution in [3.63, 3.8) is 0 Å². The summed E-state index contributed by atoms with van der Waals surface area (Å²) in [6.45, 7) is 11.4. The molecule has 0 heterocycles. The minimum atomic E-state index is 0.535. The minimum absolute atomic E-state index is 0.535. The summed E-state index contributed by atoms with van der Waals surface area (Å²) >= 11 is 0. The Kier molecular flexibility index (Phi) is 2.79. The van der Waals surface area contributed by atoms with Gasteiger partial charge in [-0.2, -0.15) is 0 Å². The summed E-state index contributed by atoms with van der Waals surface area (Å²) in [7, 11) is 0. The first-order chi connectivity index (χ1) is 7.03. The molecule has 2 aliphatic rings. The number of rotatable bonds is 1. The third kappa shape index (κ3) is 1.91. The molecule has 0 radical (unpaired) electrons. The first-order valence-electron chi connectivity index (χ1n) is 6.39. The second-order valence-corrected chi connectivity index (χ2v) is 6.06. The van der Waals surface area contributed by atoms with Crippen LogP contribution in [0.15, 0.2) is 23.8 Å². The second-order valence-electron chi connectivity index (χ2n) is 6.06. The highest BCUT2D eigenvalue weighted by Crippen LogP contribution is 2.52. The fraction of sp³-hybridized carbons (Fsp3) is 0.733. The quantitative estimate of drug-likeness (QED) is 0.542. The van der Waals surface area contributed by atoms with E-state index >= 15 is 0 Å². The highest BCUT2D eigenvalue weighted by Gasteiger charge is 2.40. The summed E-state index contributed by atoms with van der Waals surface area (Å²) in [5.74, 6) is 1.50. The van der Waals surface area contributed by atoms with E-state index in [-0.39, 0.29) is 0 Å². The van der Waals surface area contributed by atoms with E-state index in [1.165, 1.54) is 37.7 Å². The van der Waals surface area contributed by atoms with Crippen molar-refractivity contribution < 1.29 is 0 Å². The summed E-state index contributed by atoms with van der Waals surface area (Å²) in [5, 5.41) is 0. The zero-order chi connectivity index (χ0) is 11.1. The van der Waals surface area contributed by atoms with Crippen LogP contribution in [0, 0.1) is 17.3 Å². The predicted octanol–water partition coefficient (Wildman–Crippen LogP) is 4.73. The zero-order valence-electron chi connectivity index (χ0n) is 10.5. The normalized spacial score (nSPS) is 36.4. The molecule has 0 aromatic carbocycles. The van der Waals surface area contributed by atoms with Gasteiger partial charge in [0.2, 0.25) is 0 Å². The third-order valence-corrected chi connectivity index (χ3v) is 4.59. The van der Waals surface area contributed by atoms with Gasteiger partial charge in [-0.3, -0.25) is 0 Å². The Labute approximate surface area is 94.5 Å². The van der Waals surface area contributed by atoms with Crippen molar-refractivity contribution in [2.45, 2.75) is 52.9 Å². The molecule has 0 unspecified atom stereocenters. The van der Waals surface area contributed by atoms with Crippen LogP contribution < -0.4 is 0 Å². The summed E-state index contributed by atoms with van der Waals surface area (Å²) in [5.41, 5.74) is 3.73. The fourth-order valence-electron chi connectivity index (χ4n) is 3.35. The maximum absolute atomic E-state index is 4.31. The molecule has 2 atom stereocenters. The topological polar surface area (TPSA) is 0 Å². The molecule has 0 aromatic rings. The van der Waals surface area contributed by atoms with Crippen LogP contribution in [-0.4, -0.2) is 0 Å². The van der Waals surface area contributed by atoms with Gasteiger partial charge in [0.1, 0.15) is 0 Å². The molecule has 2 aliphatic carbocycles. The highest BCUT2D eigenvalue weighted by atomic mass is 14.4. The Hall–Kier alpha value is -0.520. The van der Waals surface area contributed by atoms with Crippen molar-refractivity contribution in [2.24, 2.45) is 17.3 Å². The number of allylic oxidation sites excluding steroid dienone is 3. The van der Waals surface area contributed by atoms with Gasteiger partial charge in [-0.05, 0) is 49.4 Å². The molecule has 0 saturated heterocycles. The molecule has 0 heteroatoms. The maximum atomic E-state index is 4.31. The number of hydrogen-bond donors (Lipinski definition) is 0. The predicted molar refractivity (Wildman–Crippen MR) is 66.7 cm³/mol. The third-order valence-electron chi connectivity index (χ3n) is 4.59. The van der Waals surface area contributed by atoms with Crippen molar-refractivity contribution in [3.8, 4) is 0 Å². The molecular formula is C15H24. The Morgan fingerprint density at radius 3 is 2.87 bits per heavy atom. The monoisotopic (exact) mass is 204 g/mol. The fourth-order valence-corrected chi connectivity index (χ4v) is 3.35. The van der Waals surface area contributed by atoms with Gasteiger partial charge in [-0.25, -0.2) is 0 Å². The van der Waals surface area contributed by atoms with Gasteiger partial charge in [0.15, 0.2) is 0 Å². The SMILES string of the molecule is C=C1CCC[C@@]2(C)CC=C(C(C)C)C[C@H]12. The lowest BCUT2D eigenvalue weighted by molar-refractivity contribution is 0.152. The van der Waals surface area contributed by atoms with E-state index < -0.39 is 0 Å². The van der Waals surface area contributed by atoms with Crippen LogP contribution in [0.5, 0.6) is 0 Å². The smallest absolute Gasteiger partial charge is 0.0112 e. The highest BCUT2D eigenvalue weighted by molar-refractivity contribution is 5.22. The van der Waals surface area contributed by atoms with Crippen molar-refractivity contribution in [1.29, 1.82) is 0 Å². The summed E-state index contributed by atoms with van der Waals surface area (Å²) < 4.78 is 0. The van der Waals surface area contributed by atoms with E-state index in [4.69, 9.17) is 0 Å². The van der Waals surface area contributed by atoms with Crippen LogP contribution >= 0.6 is 0 Å². The molecule has 0 bridgehead atoms. The molecule has 0 N–H and O–H groups in total. The lowest BCUT2D eigenvalue weighted by Gasteiger charge is -2.46. The van der Waals surface area contributed by atoms with Crippen LogP contribution in [0.1, 0.15) is 52.9 Å². The van der Waals surface area contributed by atoms with Crippen LogP contribution in [0.2, 0.25) is 0 Å². The van der Waals surface area contributed by atoms with Gasteiger partial charge >= 0.3 is 0 Å². The van der Waals surface area contributed by atoms with Crippen LogP contribution in [-0.2, 0) is 0 Å². The van der Waals surface area contributed by atoms with Crippen LogP contribution in [0.3, 0.4) is 0 Å². The van der Waals surface area contributed by atoms with Crippen molar-refractivity contribution in [3.05, 3.63) is 23.8 Å². The number of fused-ring (bicyclic) bond motifs is 1. The first-order valence-corrected chi connectivity index (χ1v) is 6.39. The summed E-state index contributed by atoms with van der Waals surface area (Å²) in [6, 6.07) is 0. The summed E-state index contributed by atoms with van der Waals surface area (Å²) in [4.78, 5) is 0. The van der Waals surface area contributed by atoms with Crippen LogP contribution in [0.4, 0.5) is 0 Å². The molecule has 0 amide bonds. The van der Waals surface area contributed by atoms with E-state index in [9.17, 15) is 0 Å². The molecule has 15 heavy (non-hydrogen) atoms. The van der Waals surface area contributed by atoms with Crippen LogP contribution in [0.25, 0.3) is 0 Å². The van der Waals surface area contributed by atoms with E-state index in [1.807, 2.05) is 0 Å². The average molecular weight is 204 g/mol. The largest absolute Gasteiger partial charge is 0.0995 e. The maximum Gasteiger partial charge on any atom is -0.0112 e. The molecule has 0 aliphatic heterocycles. The van der Waals surface area contributed by atoms with Gasteiger partial charge in [-0.15, -0.1) is 0 Å². The molecule has 2 rings (SSSR count). The van der Waals surface area contributed by atoms with Crippen molar-refractivity contribution in [2.75, 3.05) is 0 Å². The zero-order valence-corrected chi connectivity index (χ0v) is 10.5. The molecule has 0 aromatic heterocycles. The van der Waals surface area contributed by atoms with E-state index in [0.29, 0.717) is 5.41 Å². The standard InChI is InChI=1S/C15H24/c1-11(2)13-7-9-15(4)8-5-6-12(3)14(15)10-13/h7,11,14H,3,5-6,8-10H2,1-2,4H3/t14-,15+/m1/s1. The van der Waals surface area contributed by atoms with Gasteiger partial charge in [0, 0.05) is 0 Å². The summed E-state index contributed by atoms with van der Waals surface area (Å²) in [6.07, 6.45) is 9.11. The first kappa shape index (κ1) is 11.0. The molecular weight excluding hydrogens is 180 g/mol. The van der Waals surface area contributed by atoms with Crippen molar-refractivity contribution >= 4 is 0 Å². The van der Waals surface area contributed by atoms with Gasteiger partial charge in [0.25, 0.3) is 0 Å². The van der Waals surface area contributed by atoms with Gasteiger partial charge in [0.05, 0.1) is 0 Å². The van der Waals surface area contributed by atoms with Gasteiger partial charge in [-0.1, -0.05) is 44.6 Å². The average Bonchev–Trinajstić information content (AvgIpc) is 2.17. The van der Waals surface area contributed by atoms with E-state index in [0.717, 1.165) is 11.8 Å². The lowest BCUT2D eigenvalue weighted by Crippen LogP contribution is -2.35. The molecule has 0 spiro atoms. The van der Waals surface area contributed by atoms with Gasteiger partial charge < -0.3 is 0 Å². The Bertz CT molecular complexity index is 295. The van der Waals surface area contributed by atoms with E-state index in [1.54, 1.807) is 5.57 Å². The lowest BCUT2D eigenvalue weighted by atomic mass is 9.59. The van der Waals surface area contributed by atoms with E-state index in [2.05, 4.69) is 33.4 Å². The molecule has 1 fully saturated rings.